The number of aryl methyl sites for hydroxylation is 1. The highest BCUT2D eigenvalue weighted by atomic mass is 35.5. The van der Waals surface area contributed by atoms with Crippen LogP contribution in [0.15, 0.2) is 36.4 Å². The molecule has 2 aromatic rings. The molecule has 2 amide bonds. The van der Waals surface area contributed by atoms with Crippen LogP contribution in [-0.2, 0) is 9.59 Å². The van der Waals surface area contributed by atoms with Gasteiger partial charge in [-0.3, -0.25) is 9.59 Å². The highest BCUT2D eigenvalue weighted by molar-refractivity contribution is 6.42. The third-order valence-corrected chi connectivity index (χ3v) is 4.50. The Balaban J connectivity index is 1.88. The van der Waals surface area contributed by atoms with Gasteiger partial charge in [-0.1, -0.05) is 29.3 Å². The van der Waals surface area contributed by atoms with Crippen molar-refractivity contribution in [1.29, 1.82) is 0 Å². The average Bonchev–Trinajstić information content (AvgIpc) is 2.58. The predicted molar refractivity (Wildman–Crippen MR) is 108 cm³/mol. The first-order valence-electron chi connectivity index (χ1n) is 8.29. The summed E-state index contributed by atoms with van der Waals surface area (Å²) in [6, 6.07) is 10.4. The van der Waals surface area contributed by atoms with Gasteiger partial charge >= 0.3 is 0 Å². The van der Waals surface area contributed by atoms with E-state index >= 15 is 0 Å². The average molecular weight is 411 g/mol. The number of rotatable bonds is 7. The summed E-state index contributed by atoms with van der Waals surface area (Å²) in [5.41, 5.74) is 2.17. The zero-order valence-corrected chi connectivity index (χ0v) is 16.9. The molecular weight excluding hydrogens is 389 g/mol. The minimum Gasteiger partial charge on any atom is -0.495 e. The van der Waals surface area contributed by atoms with Crippen LogP contribution in [0.2, 0.25) is 10.0 Å². The number of anilines is 2. The number of methoxy groups -OCH3 is 1. The van der Waals surface area contributed by atoms with Gasteiger partial charge in [-0.25, -0.2) is 0 Å². The highest BCUT2D eigenvalue weighted by Gasteiger charge is 2.16. The molecule has 0 fully saturated rings. The summed E-state index contributed by atoms with van der Waals surface area (Å²) >= 11 is 11.8. The quantitative estimate of drug-likeness (QED) is 0.656. The van der Waals surface area contributed by atoms with E-state index in [0.717, 1.165) is 10.5 Å². The molecule has 144 valence electrons. The van der Waals surface area contributed by atoms with E-state index in [1.165, 1.54) is 0 Å². The Bertz CT molecular complexity index is 843. The zero-order valence-electron chi connectivity index (χ0n) is 15.4. The minimum absolute atomic E-state index is 0.124. The van der Waals surface area contributed by atoms with Crippen LogP contribution in [0.1, 0.15) is 5.56 Å². The van der Waals surface area contributed by atoms with Gasteiger partial charge < -0.3 is 20.3 Å². The Morgan fingerprint density at radius 3 is 2.30 bits per heavy atom. The lowest BCUT2D eigenvalue weighted by Gasteiger charge is -2.15. The molecule has 0 aliphatic rings. The first-order valence-corrected chi connectivity index (χ1v) is 9.04. The van der Waals surface area contributed by atoms with Crippen molar-refractivity contribution < 1.29 is 19.2 Å². The van der Waals surface area contributed by atoms with Crippen LogP contribution in [0.25, 0.3) is 0 Å². The van der Waals surface area contributed by atoms with E-state index in [0.29, 0.717) is 27.2 Å². The number of nitrogens with one attached hydrogen (secondary N) is 3. The second kappa shape index (κ2) is 9.60. The topological polar surface area (TPSA) is 71.9 Å². The maximum atomic E-state index is 12.3. The van der Waals surface area contributed by atoms with Gasteiger partial charge in [0.05, 0.1) is 29.9 Å². The number of hydrogen-bond acceptors (Lipinski definition) is 3. The van der Waals surface area contributed by atoms with Crippen LogP contribution in [-0.4, -0.2) is 39.1 Å². The Kier molecular flexibility index (Phi) is 7.47. The molecule has 0 saturated carbocycles. The lowest BCUT2D eigenvalue weighted by Crippen LogP contribution is -3.11. The summed E-state index contributed by atoms with van der Waals surface area (Å²) in [6.07, 6.45) is 0. The fraction of sp³-hybridized carbons (Fsp3) is 0.263. The van der Waals surface area contributed by atoms with Crippen molar-refractivity contribution in [3.8, 4) is 5.75 Å². The molecule has 1 atom stereocenters. The SMILES string of the molecule is COc1ccc(C)cc1NC(=O)C[NH+](C)CC(=O)Nc1ccc(Cl)c(Cl)c1. The molecule has 27 heavy (non-hydrogen) atoms. The van der Waals surface area contributed by atoms with Crippen molar-refractivity contribution in [1.82, 2.24) is 0 Å². The molecule has 8 heteroatoms. The molecule has 3 N–H and O–H groups in total. The lowest BCUT2D eigenvalue weighted by molar-refractivity contribution is -0.862. The Morgan fingerprint density at radius 1 is 1.00 bits per heavy atom. The second-order valence-corrected chi connectivity index (χ2v) is 7.05. The number of ether oxygens (including phenoxy) is 1. The van der Waals surface area contributed by atoms with Crippen molar-refractivity contribution >= 4 is 46.4 Å². The number of halogens is 2. The zero-order chi connectivity index (χ0) is 20.0. The van der Waals surface area contributed by atoms with Crippen LogP contribution < -0.4 is 20.3 Å². The standard InChI is InChI=1S/C19H21Cl2N3O3/c1-12-4-7-17(27-3)16(8-12)23-19(26)11-24(2)10-18(25)22-13-5-6-14(20)15(21)9-13/h4-9H,10-11H2,1-3H3,(H,22,25)(H,23,26)/p+1. The smallest absolute Gasteiger partial charge is 0.279 e. The van der Waals surface area contributed by atoms with Crippen molar-refractivity contribution in [2.75, 3.05) is 37.9 Å². The molecule has 0 radical (unpaired) electrons. The summed E-state index contributed by atoms with van der Waals surface area (Å²) in [5.74, 6) is 0.148. The number of likely N-dealkylation sites (N-methyl/N-ethyl adjacent to an activating group) is 1. The van der Waals surface area contributed by atoms with E-state index in [2.05, 4.69) is 10.6 Å². The normalized spacial score (nSPS) is 11.6. The van der Waals surface area contributed by atoms with Crippen LogP contribution in [0, 0.1) is 6.92 Å². The fourth-order valence-corrected chi connectivity index (χ4v) is 2.80. The summed E-state index contributed by atoms with van der Waals surface area (Å²) in [6.45, 7) is 2.18. The van der Waals surface area contributed by atoms with Crippen LogP contribution >= 0.6 is 23.2 Å². The first-order chi connectivity index (χ1) is 12.8. The Morgan fingerprint density at radius 2 is 1.67 bits per heavy atom. The number of quaternary nitrogens is 1. The fourth-order valence-electron chi connectivity index (χ4n) is 2.50. The monoisotopic (exact) mass is 410 g/mol. The first kappa shape index (κ1) is 21.0. The Labute approximate surface area is 168 Å². The number of carbonyl (C=O) groups is 2. The Hall–Kier alpha value is -2.28. The molecule has 0 saturated heterocycles. The molecule has 0 aromatic heterocycles. The largest absolute Gasteiger partial charge is 0.495 e. The van der Waals surface area contributed by atoms with E-state index in [4.69, 9.17) is 27.9 Å². The van der Waals surface area contributed by atoms with Gasteiger partial charge in [0.2, 0.25) is 0 Å². The number of benzene rings is 2. The molecule has 1 unspecified atom stereocenters. The van der Waals surface area contributed by atoms with Gasteiger partial charge in [0, 0.05) is 5.69 Å². The van der Waals surface area contributed by atoms with E-state index in [-0.39, 0.29) is 24.9 Å². The molecule has 0 bridgehead atoms. The van der Waals surface area contributed by atoms with Crippen LogP contribution in [0.4, 0.5) is 11.4 Å². The van der Waals surface area contributed by atoms with Crippen molar-refractivity contribution in [2.24, 2.45) is 0 Å². The molecule has 0 heterocycles. The van der Waals surface area contributed by atoms with E-state index < -0.39 is 0 Å². The molecule has 0 spiro atoms. The maximum Gasteiger partial charge on any atom is 0.279 e. The van der Waals surface area contributed by atoms with E-state index in [1.54, 1.807) is 38.4 Å². The van der Waals surface area contributed by atoms with Crippen molar-refractivity contribution in [3.05, 3.63) is 52.0 Å². The maximum absolute atomic E-state index is 12.3. The molecule has 6 nitrogen and oxygen atoms in total. The van der Waals surface area contributed by atoms with E-state index in [9.17, 15) is 9.59 Å². The number of amides is 2. The van der Waals surface area contributed by atoms with Gasteiger partial charge in [0.1, 0.15) is 5.75 Å². The molecule has 0 aliphatic carbocycles. The van der Waals surface area contributed by atoms with Crippen molar-refractivity contribution in [3.63, 3.8) is 0 Å². The summed E-state index contributed by atoms with van der Waals surface area (Å²) in [4.78, 5) is 25.2. The molecule has 2 rings (SSSR count). The summed E-state index contributed by atoms with van der Waals surface area (Å²) in [7, 11) is 3.31. The number of hydrogen-bond donors (Lipinski definition) is 3. The predicted octanol–water partition coefficient (Wildman–Crippen LogP) is 2.40. The lowest BCUT2D eigenvalue weighted by atomic mass is 10.2. The molecular formula is C19H22Cl2N3O3+. The number of carbonyl (C=O) groups excluding carboxylic acids is 2. The third kappa shape index (κ3) is 6.43. The van der Waals surface area contributed by atoms with Gasteiger partial charge in [-0.05, 0) is 42.8 Å². The minimum atomic E-state index is -0.230. The second-order valence-electron chi connectivity index (χ2n) is 6.24. The van der Waals surface area contributed by atoms with E-state index in [1.807, 2.05) is 19.1 Å². The summed E-state index contributed by atoms with van der Waals surface area (Å²) in [5, 5.41) is 6.34. The van der Waals surface area contributed by atoms with Gasteiger partial charge in [-0.15, -0.1) is 0 Å². The van der Waals surface area contributed by atoms with Gasteiger partial charge in [0.25, 0.3) is 11.8 Å². The molecule has 2 aromatic carbocycles. The third-order valence-electron chi connectivity index (χ3n) is 3.76. The van der Waals surface area contributed by atoms with Crippen LogP contribution in [0.3, 0.4) is 0 Å². The van der Waals surface area contributed by atoms with Gasteiger partial charge in [-0.2, -0.15) is 0 Å². The van der Waals surface area contributed by atoms with Crippen molar-refractivity contribution in [2.45, 2.75) is 6.92 Å². The highest BCUT2D eigenvalue weighted by Crippen LogP contribution is 2.25. The summed E-state index contributed by atoms with van der Waals surface area (Å²) < 4.78 is 5.25. The molecule has 0 aliphatic heterocycles. The van der Waals surface area contributed by atoms with Gasteiger partial charge in [0.15, 0.2) is 13.1 Å². The van der Waals surface area contributed by atoms with Crippen LogP contribution in [0.5, 0.6) is 5.75 Å².